The number of carbonyl (C=O) groups excluding carboxylic acids is 4. The van der Waals surface area contributed by atoms with Gasteiger partial charge in [0, 0.05) is 42.8 Å². The lowest BCUT2D eigenvalue weighted by Gasteiger charge is -2.50. The number of phenols is 1. The SMILES string of the molecule is COc1cc([C@H]2C3=CC[C@@H]4C(=O)N(C5CCN(Cc6ccccc6)CC5)C(=O)[C@@H]4[C@@H]3C[C@H]3C(=O)N(Nc4ncc(C(F)(F)F)cc4Cl)C(=O)[C@@]23c2ccc(Cl)cc2)cc(Cl)c1O. The lowest BCUT2D eigenvalue weighted by Crippen LogP contribution is -2.53. The summed E-state index contributed by atoms with van der Waals surface area (Å²) >= 11 is 19.3. The number of ether oxygens (including phenoxy) is 1. The van der Waals surface area contributed by atoms with Crippen LogP contribution in [0.1, 0.15) is 53.9 Å². The van der Waals surface area contributed by atoms with Crippen LogP contribution in [0.3, 0.4) is 0 Å². The van der Waals surface area contributed by atoms with E-state index in [0.29, 0.717) is 59.9 Å². The normalized spacial score (nSPS) is 26.6. The number of carbonyl (C=O) groups is 4. The van der Waals surface area contributed by atoms with Gasteiger partial charge in [-0.1, -0.05) is 88.9 Å². The highest BCUT2D eigenvalue weighted by atomic mass is 35.5. The maximum Gasteiger partial charge on any atom is 0.417 e. The number of hydrogen-bond acceptors (Lipinski definition) is 9. The van der Waals surface area contributed by atoms with Crippen molar-refractivity contribution >= 4 is 64.2 Å². The monoisotopic (exact) mass is 907 g/mol. The van der Waals surface area contributed by atoms with Crippen molar-refractivity contribution in [3.8, 4) is 11.5 Å². The number of aromatic hydroxyl groups is 1. The fraction of sp³-hybridized carbons (Fsp3) is 0.356. The Balaban J connectivity index is 1.13. The number of alkyl halides is 3. The Bertz CT molecular complexity index is 2520. The molecule has 5 aliphatic rings. The second-order valence-electron chi connectivity index (χ2n) is 16.5. The second kappa shape index (κ2) is 15.9. The fourth-order valence-corrected chi connectivity index (χ4v) is 11.2. The highest BCUT2D eigenvalue weighted by molar-refractivity contribution is 6.33. The Hall–Kier alpha value is -5.15. The van der Waals surface area contributed by atoms with Crippen molar-refractivity contribution in [2.75, 3.05) is 25.6 Å². The Morgan fingerprint density at radius 1 is 0.903 bits per heavy atom. The number of methoxy groups -OCH3 is 1. The molecule has 4 heterocycles. The van der Waals surface area contributed by atoms with Gasteiger partial charge >= 0.3 is 6.18 Å². The van der Waals surface area contributed by atoms with Crippen LogP contribution in [0.5, 0.6) is 11.5 Å². The van der Waals surface area contributed by atoms with Crippen LogP contribution in [0.25, 0.3) is 0 Å². The van der Waals surface area contributed by atoms with Crippen molar-refractivity contribution in [2.24, 2.45) is 23.7 Å². The van der Waals surface area contributed by atoms with E-state index >= 15 is 9.59 Å². The molecule has 11 nitrogen and oxygen atoms in total. The number of halogens is 6. The van der Waals surface area contributed by atoms with Crippen molar-refractivity contribution in [3.05, 3.63) is 128 Å². The predicted molar refractivity (Wildman–Crippen MR) is 223 cm³/mol. The average Bonchev–Trinajstić information content (AvgIpc) is 3.63. The van der Waals surface area contributed by atoms with Gasteiger partial charge in [-0.3, -0.25) is 34.4 Å². The van der Waals surface area contributed by atoms with Gasteiger partial charge in [0.2, 0.25) is 11.8 Å². The van der Waals surface area contributed by atoms with E-state index in [4.69, 9.17) is 39.5 Å². The zero-order valence-electron chi connectivity index (χ0n) is 33.0. The second-order valence-corrected chi connectivity index (χ2v) is 17.8. The topological polar surface area (TPSA) is 132 Å². The summed E-state index contributed by atoms with van der Waals surface area (Å²) in [6.07, 6.45) is -1.02. The molecule has 3 aromatic carbocycles. The van der Waals surface area contributed by atoms with Crippen LogP contribution in [0, 0.1) is 23.7 Å². The number of piperidine rings is 1. The quantitative estimate of drug-likeness (QED) is 0.132. The smallest absolute Gasteiger partial charge is 0.417 e. The average molecular weight is 909 g/mol. The van der Waals surface area contributed by atoms with Crippen molar-refractivity contribution in [1.82, 2.24) is 19.8 Å². The van der Waals surface area contributed by atoms with Gasteiger partial charge in [-0.15, -0.1) is 0 Å². The van der Waals surface area contributed by atoms with E-state index < -0.39 is 63.6 Å². The number of amides is 4. The minimum atomic E-state index is -4.77. The molecule has 2 aliphatic carbocycles. The molecule has 0 spiro atoms. The Kier molecular flexibility index (Phi) is 10.8. The summed E-state index contributed by atoms with van der Waals surface area (Å²) in [7, 11) is 1.33. The van der Waals surface area contributed by atoms with Gasteiger partial charge in [-0.25, -0.2) is 4.98 Å². The van der Waals surface area contributed by atoms with Gasteiger partial charge in [0.15, 0.2) is 17.3 Å². The predicted octanol–water partition coefficient (Wildman–Crippen LogP) is 8.42. The van der Waals surface area contributed by atoms with E-state index in [1.54, 1.807) is 24.3 Å². The molecule has 3 saturated heterocycles. The molecule has 3 aliphatic heterocycles. The standard InChI is InChI=1S/C45H39Cl3F3N5O6/c1-62-35-18-24(17-33(47)38(35)57)37-29-11-12-30-36(42(60)55(40(30)58)28-13-15-54(16-14-28)22-23-5-3-2-4-6-23)31(29)20-32-41(59)56(43(61)44(32,37)25-7-9-27(46)10-8-25)53-39-34(48)19-26(21-52-39)45(49,50)51/h2-11,17-19,21,28,30-32,36-37,57H,12-16,20,22H2,1H3,(H,52,53)/t30-,31+,32-,36-,37-,44+/m0/s1. The Morgan fingerprint density at radius 3 is 2.27 bits per heavy atom. The lowest BCUT2D eigenvalue weighted by molar-refractivity contribution is -0.144. The van der Waals surface area contributed by atoms with E-state index in [-0.39, 0.29) is 53.0 Å². The molecule has 6 atom stereocenters. The van der Waals surface area contributed by atoms with Gasteiger partial charge in [-0.05, 0) is 78.6 Å². The van der Waals surface area contributed by atoms with Crippen LogP contribution in [0.4, 0.5) is 19.0 Å². The molecule has 1 aromatic heterocycles. The molecule has 322 valence electrons. The number of phenolic OH excluding ortho intramolecular Hbond substituents is 1. The van der Waals surface area contributed by atoms with Gasteiger partial charge in [0.25, 0.3) is 11.8 Å². The zero-order chi connectivity index (χ0) is 43.8. The number of pyridine rings is 1. The minimum absolute atomic E-state index is 0.0175. The third kappa shape index (κ3) is 6.81. The molecule has 0 unspecified atom stereocenters. The number of nitrogens with one attached hydrogen (secondary N) is 1. The molecule has 17 heteroatoms. The molecular weight excluding hydrogens is 870 g/mol. The summed E-state index contributed by atoms with van der Waals surface area (Å²) in [4.78, 5) is 67.4. The molecule has 1 saturated carbocycles. The van der Waals surface area contributed by atoms with E-state index in [2.05, 4.69) is 27.4 Å². The number of rotatable bonds is 8. The summed E-state index contributed by atoms with van der Waals surface area (Å²) in [6, 6.07) is 19.8. The number of nitrogens with zero attached hydrogens (tertiary/aromatic N) is 4. The van der Waals surface area contributed by atoms with E-state index in [9.17, 15) is 27.9 Å². The van der Waals surface area contributed by atoms with E-state index in [1.807, 2.05) is 24.3 Å². The maximum absolute atomic E-state index is 15.5. The van der Waals surface area contributed by atoms with E-state index in [0.717, 1.165) is 11.6 Å². The van der Waals surface area contributed by atoms with Crippen LogP contribution >= 0.6 is 34.8 Å². The maximum atomic E-state index is 15.5. The number of hydrogen-bond donors (Lipinski definition) is 2. The molecular formula is C45H39Cl3F3N5O6. The van der Waals surface area contributed by atoms with Crippen molar-refractivity contribution in [3.63, 3.8) is 0 Å². The van der Waals surface area contributed by atoms with Gasteiger partial charge < -0.3 is 9.84 Å². The summed E-state index contributed by atoms with van der Waals surface area (Å²) in [6.45, 7) is 2.13. The number of aromatic nitrogens is 1. The summed E-state index contributed by atoms with van der Waals surface area (Å²) < 4.78 is 46.3. The highest BCUT2D eigenvalue weighted by Crippen LogP contribution is 2.65. The number of hydrazine groups is 1. The number of benzene rings is 3. The third-order valence-electron chi connectivity index (χ3n) is 13.4. The number of imide groups is 2. The van der Waals surface area contributed by atoms with Gasteiger partial charge in [-0.2, -0.15) is 18.2 Å². The Morgan fingerprint density at radius 2 is 1.61 bits per heavy atom. The number of likely N-dealkylation sites (tertiary alicyclic amines) is 2. The van der Waals surface area contributed by atoms with Crippen molar-refractivity contribution in [1.29, 1.82) is 0 Å². The molecule has 4 aromatic rings. The number of anilines is 1. The minimum Gasteiger partial charge on any atom is -0.503 e. The summed E-state index contributed by atoms with van der Waals surface area (Å²) in [5.41, 5.74) is 2.22. The van der Waals surface area contributed by atoms with Crippen LogP contribution in [-0.4, -0.2) is 74.8 Å². The van der Waals surface area contributed by atoms with Crippen LogP contribution < -0.4 is 10.2 Å². The number of allylic oxidation sites excluding steroid dienone is 2. The molecule has 4 fully saturated rings. The molecule has 0 radical (unpaired) electrons. The first-order valence-corrected chi connectivity index (χ1v) is 21.3. The summed E-state index contributed by atoms with van der Waals surface area (Å²) in [5.74, 6) is -7.47. The lowest BCUT2D eigenvalue weighted by atomic mass is 9.49. The zero-order valence-corrected chi connectivity index (χ0v) is 35.3. The van der Waals surface area contributed by atoms with E-state index in [1.165, 1.54) is 29.7 Å². The van der Waals surface area contributed by atoms with Crippen molar-refractivity contribution in [2.45, 2.75) is 55.8 Å². The molecule has 9 rings (SSSR count). The van der Waals surface area contributed by atoms with Crippen molar-refractivity contribution < 1.29 is 42.2 Å². The fourth-order valence-electron chi connectivity index (χ4n) is 10.6. The largest absolute Gasteiger partial charge is 0.503 e. The Labute approximate surface area is 369 Å². The third-order valence-corrected chi connectivity index (χ3v) is 14.2. The van der Waals surface area contributed by atoms with Crippen LogP contribution in [0.2, 0.25) is 15.1 Å². The molecule has 2 N–H and O–H groups in total. The first-order valence-electron chi connectivity index (χ1n) is 20.2. The number of fused-ring (bicyclic) bond motifs is 4. The highest BCUT2D eigenvalue weighted by Gasteiger charge is 2.70. The van der Waals surface area contributed by atoms with Crippen LogP contribution in [0.15, 0.2) is 90.6 Å². The summed E-state index contributed by atoms with van der Waals surface area (Å²) in [5, 5.41) is 11.3. The molecule has 0 bridgehead atoms. The first-order chi connectivity index (χ1) is 29.6. The van der Waals surface area contributed by atoms with Gasteiger partial charge in [0.1, 0.15) is 0 Å². The van der Waals surface area contributed by atoms with Gasteiger partial charge in [0.05, 0.1) is 45.9 Å². The van der Waals surface area contributed by atoms with Crippen LogP contribution in [-0.2, 0) is 37.3 Å². The molecule has 62 heavy (non-hydrogen) atoms. The molecule has 4 amide bonds. The first kappa shape index (κ1) is 42.2.